The van der Waals surface area contributed by atoms with Crippen LogP contribution < -0.4 is 4.90 Å². The maximum Gasteiger partial charge on any atom is 0.135 e. The Morgan fingerprint density at radius 1 is 1.25 bits per heavy atom. The number of anilines is 1. The second-order valence-corrected chi connectivity index (χ2v) is 6.30. The van der Waals surface area contributed by atoms with Crippen LogP contribution >= 0.6 is 0 Å². The Morgan fingerprint density at radius 3 is 2.85 bits per heavy atom. The van der Waals surface area contributed by atoms with Gasteiger partial charge in [0.1, 0.15) is 11.6 Å². The van der Waals surface area contributed by atoms with Crippen molar-refractivity contribution in [1.82, 2.24) is 9.97 Å². The lowest BCUT2D eigenvalue weighted by atomic mass is 9.95. The van der Waals surface area contributed by atoms with Gasteiger partial charge in [0.05, 0.1) is 12.2 Å². The summed E-state index contributed by atoms with van der Waals surface area (Å²) in [6, 6.07) is 0. The van der Waals surface area contributed by atoms with Crippen molar-refractivity contribution >= 4 is 5.82 Å². The van der Waals surface area contributed by atoms with Gasteiger partial charge in [-0.2, -0.15) is 0 Å². The van der Waals surface area contributed by atoms with E-state index in [2.05, 4.69) is 23.7 Å². The van der Waals surface area contributed by atoms with Gasteiger partial charge in [-0.05, 0) is 46.0 Å². The number of nitrogens with zero attached hydrogens (tertiary/aromatic N) is 3. The van der Waals surface area contributed by atoms with E-state index in [1.807, 2.05) is 6.92 Å². The molecule has 2 heterocycles. The Bertz CT molecular complexity index is 503. The summed E-state index contributed by atoms with van der Waals surface area (Å²) < 4.78 is 5.96. The third-order valence-electron chi connectivity index (χ3n) is 4.66. The van der Waals surface area contributed by atoms with Crippen molar-refractivity contribution in [2.24, 2.45) is 0 Å². The van der Waals surface area contributed by atoms with Crippen LogP contribution in [0.15, 0.2) is 0 Å². The minimum atomic E-state index is -0.0430. The van der Waals surface area contributed by atoms with Gasteiger partial charge < -0.3 is 9.64 Å². The monoisotopic (exact) mass is 275 g/mol. The van der Waals surface area contributed by atoms with Gasteiger partial charge >= 0.3 is 0 Å². The Hall–Kier alpha value is -1.16. The van der Waals surface area contributed by atoms with Crippen LogP contribution in [-0.4, -0.2) is 35.3 Å². The predicted octanol–water partition coefficient (Wildman–Crippen LogP) is 2.67. The normalized spacial score (nSPS) is 26.4. The zero-order chi connectivity index (χ0) is 14.2. The molecule has 2 aliphatic rings. The Kier molecular flexibility index (Phi) is 3.67. The van der Waals surface area contributed by atoms with Gasteiger partial charge in [0.25, 0.3) is 0 Å². The van der Waals surface area contributed by atoms with E-state index in [1.54, 1.807) is 0 Å². The molecule has 1 aliphatic carbocycles. The van der Waals surface area contributed by atoms with Gasteiger partial charge in [0.15, 0.2) is 0 Å². The number of fused-ring (bicyclic) bond motifs is 1. The maximum absolute atomic E-state index is 5.96. The van der Waals surface area contributed by atoms with E-state index in [9.17, 15) is 0 Å². The molecular weight excluding hydrogens is 250 g/mol. The predicted molar refractivity (Wildman–Crippen MR) is 80.3 cm³/mol. The lowest BCUT2D eigenvalue weighted by molar-refractivity contribution is -0.0443. The average molecular weight is 275 g/mol. The Morgan fingerprint density at radius 2 is 2.05 bits per heavy atom. The van der Waals surface area contributed by atoms with E-state index in [0.717, 1.165) is 44.8 Å². The first-order valence-corrected chi connectivity index (χ1v) is 7.86. The molecule has 1 unspecified atom stereocenters. The van der Waals surface area contributed by atoms with Gasteiger partial charge in [0, 0.05) is 24.3 Å². The molecule has 0 spiro atoms. The molecule has 110 valence electrons. The molecule has 4 heteroatoms. The Balaban J connectivity index is 1.95. The van der Waals surface area contributed by atoms with Crippen LogP contribution in [0.5, 0.6) is 0 Å². The highest BCUT2D eigenvalue weighted by atomic mass is 16.5. The van der Waals surface area contributed by atoms with Gasteiger partial charge in [-0.1, -0.05) is 6.92 Å². The number of ether oxygens (including phenoxy) is 1. The minimum absolute atomic E-state index is 0.0430. The van der Waals surface area contributed by atoms with E-state index >= 15 is 0 Å². The fourth-order valence-corrected chi connectivity index (χ4v) is 3.28. The lowest BCUT2D eigenvalue weighted by Gasteiger charge is -2.41. The smallest absolute Gasteiger partial charge is 0.135 e. The van der Waals surface area contributed by atoms with E-state index in [4.69, 9.17) is 9.72 Å². The number of hydrogen-bond donors (Lipinski definition) is 0. The van der Waals surface area contributed by atoms with Crippen molar-refractivity contribution in [1.29, 1.82) is 0 Å². The molecule has 1 fully saturated rings. The van der Waals surface area contributed by atoms with Crippen LogP contribution in [0, 0.1) is 6.92 Å². The van der Waals surface area contributed by atoms with E-state index in [0.29, 0.717) is 0 Å². The molecule has 1 aromatic heterocycles. The molecule has 1 aliphatic heterocycles. The van der Waals surface area contributed by atoms with Crippen LogP contribution in [0.1, 0.15) is 50.2 Å². The largest absolute Gasteiger partial charge is 0.372 e. The number of rotatable bonds is 2. The van der Waals surface area contributed by atoms with Crippen LogP contribution in [0.2, 0.25) is 0 Å². The van der Waals surface area contributed by atoms with Crippen molar-refractivity contribution < 1.29 is 4.74 Å². The van der Waals surface area contributed by atoms with Crippen LogP contribution in [0.25, 0.3) is 0 Å². The van der Waals surface area contributed by atoms with Crippen molar-refractivity contribution in [2.75, 3.05) is 24.6 Å². The van der Waals surface area contributed by atoms with Crippen molar-refractivity contribution in [3.8, 4) is 0 Å². The van der Waals surface area contributed by atoms with Gasteiger partial charge in [-0.25, -0.2) is 9.97 Å². The molecule has 20 heavy (non-hydrogen) atoms. The summed E-state index contributed by atoms with van der Waals surface area (Å²) in [5.41, 5.74) is 2.63. The summed E-state index contributed by atoms with van der Waals surface area (Å²) >= 11 is 0. The molecular formula is C16H25N3O. The first kappa shape index (κ1) is 13.8. The lowest BCUT2D eigenvalue weighted by Crippen LogP contribution is -2.50. The first-order valence-electron chi connectivity index (χ1n) is 7.86. The second kappa shape index (κ2) is 5.32. The minimum Gasteiger partial charge on any atom is -0.372 e. The molecule has 0 aromatic carbocycles. The van der Waals surface area contributed by atoms with E-state index in [1.165, 1.54) is 29.9 Å². The fraction of sp³-hybridized carbons (Fsp3) is 0.750. The summed E-state index contributed by atoms with van der Waals surface area (Å²) in [5, 5.41) is 0. The third kappa shape index (κ3) is 2.53. The standard InChI is InChI=1S/C16H25N3O/c1-4-16(3)11-19(9-10-20-16)15-13-7-5-6-8-14(13)17-12(2)18-15/h4-11H2,1-3H3. The topological polar surface area (TPSA) is 38.2 Å². The highest BCUT2D eigenvalue weighted by molar-refractivity contribution is 5.51. The van der Waals surface area contributed by atoms with Crippen molar-refractivity contribution in [3.63, 3.8) is 0 Å². The maximum atomic E-state index is 5.96. The molecule has 0 bridgehead atoms. The summed E-state index contributed by atoms with van der Waals surface area (Å²) in [5.74, 6) is 2.08. The Labute approximate surface area is 121 Å². The number of hydrogen-bond acceptors (Lipinski definition) is 4. The molecule has 0 saturated carbocycles. The molecule has 3 rings (SSSR count). The van der Waals surface area contributed by atoms with Crippen molar-refractivity contribution in [2.45, 2.75) is 58.5 Å². The number of aromatic nitrogens is 2. The van der Waals surface area contributed by atoms with Crippen molar-refractivity contribution in [3.05, 3.63) is 17.1 Å². The van der Waals surface area contributed by atoms with Gasteiger partial charge in [-0.15, -0.1) is 0 Å². The zero-order valence-corrected chi connectivity index (χ0v) is 12.9. The molecule has 1 saturated heterocycles. The second-order valence-electron chi connectivity index (χ2n) is 6.30. The zero-order valence-electron chi connectivity index (χ0n) is 12.9. The molecule has 4 nitrogen and oxygen atoms in total. The quantitative estimate of drug-likeness (QED) is 0.831. The first-order chi connectivity index (χ1) is 9.61. The summed E-state index contributed by atoms with van der Waals surface area (Å²) in [7, 11) is 0. The van der Waals surface area contributed by atoms with Crippen LogP contribution in [0.3, 0.4) is 0 Å². The molecule has 0 N–H and O–H groups in total. The summed E-state index contributed by atoms with van der Waals surface area (Å²) in [6.45, 7) is 9.09. The third-order valence-corrected chi connectivity index (χ3v) is 4.66. The van der Waals surface area contributed by atoms with Crippen LogP contribution in [-0.2, 0) is 17.6 Å². The highest BCUT2D eigenvalue weighted by Gasteiger charge is 2.32. The summed E-state index contributed by atoms with van der Waals surface area (Å²) in [6.07, 6.45) is 5.81. The number of morpholine rings is 1. The highest BCUT2D eigenvalue weighted by Crippen LogP contribution is 2.31. The number of aryl methyl sites for hydroxylation is 2. The molecule has 1 aromatic rings. The molecule has 0 radical (unpaired) electrons. The SMILES string of the molecule is CCC1(C)CN(c2nc(C)nc3c2CCCC3)CCO1. The summed E-state index contributed by atoms with van der Waals surface area (Å²) in [4.78, 5) is 11.8. The molecule has 1 atom stereocenters. The van der Waals surface area contributed by atoms with E-state index in [-0.39, 0.29) is 5.60 Å². The fourth-order valence-electron chi connectivity index (χ4n) is 3.28. The van der Waals surface area contributed by atoms with Crippen LogP contribution in [0.4, 0.5) is 5.82 Å². The molecule has 0 amide bonds. The average Bonchev–Trinajstić information content (AvgIpc) is 2.46. The van der Waals surface area contributed by atoms with E-state index < -0.39 is 0 Å². The van der Waals surface area contributed by atoms with Gasteiger partial charge in [0.2, 0.25) is 0 Å². The van der Waals surface area contributed by atoms with Gasteiger partial charge in [-0.3, -0.25) is 0 Å².